The monoisotopic (exact) mass is 508 g/mol. The second-order valence-corrected chi connectivity index (χ2v) is 12.5. The van der Waals surface area contributed by atoms with Gasteiger partial charge in [-0.1, -0.05) is 133 Å². The maximum atomic E-state index is 7.11. The van der Waals surface area contributed by atoms with Crippen molar-refractivity contribution in [1.82, 2.24) is 0 Å². The molecule has 0 saturated heterocycles. The van der Waals surface area contributed by atoms with Gasteiger partial charge in [-0.05, 0) is 41.8 Å². The van der Waals surface area contributed by atoms with Gasteiger partial charge < -0.3 is 13.6 Å². The van der Waals surface area contributed by atoms with E-state index < -0.39 is 14.2 Å². The summed E-state index contributed by atoms with van der Waals surface area (Å²) >= 11 is 0. The zero-order valence-corrected chi connectivity index (χ0v) is 22.8. The van der Waals surface area contributed by atoms with Crippen LogP contribution in [0.4, 0.5) is 0 Å². The van der Waals surface area contributed by atoms with Crippen LogP contribution in [0.1, 0.15) is 31.4 Å². The molecule has 0 amide bonds. The highest BCUT2D eigenvalue weighted by atomic mass is 28.4. The van der Waals surface area contributed by atoms with Crippen molar-refractivity contribution >= 4 is 25.0 Å². The van der Waals surface area contributed by atoms with Crippen LogP contribution in [0, 0.1) is 0 Å². The van der Waals surface area contributed by atoms with Crippen LogP contribution in [-0.4, -0.2) is 27.4 Å². The van der Waals surface area contributed by atoms with Gasteiger partial charge in [-0.25, -0.2) is 0 Å². The molecule has 4 aromatic carbocycles. The second-order valence-electron chi connectivity index (χ2n) is 9.62. The number of hydrogen-bond donors (Lipinski definition) is 0. The molecule has 4 aromatic rings. The molecule has 0 spiro atoms. The topological polar surface area (TPSA) is 27.7 Å². The normalized spacial score (nSPS) is 12.2. The lowest BCUT2D eigenvalue weighted by molar-refractivity contribution is 0.0200. The Kier molecular flexibility index (Phi) is 9.63. The van der Waals surface area contributed by atoms with Gasteiger partial charge in [0.1, 0.15) is 0 Å². The average molecular weight is 509 g/mol. The molecule has 190 valence electrons. The summed E-state index contributed by atoms with van der Waals surface area (Å²) in [5.41, 5.74) is 1.86. The van der Waals surface area contributed by atoms with Gasteiger partial charge in [0.05, 0.1) is 18.8 Å². The van der Waals surface area contributed by atoms with E-state index in [1.54, 1.807) is 0 Å². The minimum absolute atomic E-state index is 0.450. The molecule has 37 heavy (non-hydrogen) atoms. The summed E-state index contributed by atoms with van der Waals surface area (Å²) in [4.78, 5) is 0. The predicted molar refractivity (Wildman–Crippen MR) is 155 cm³/mol. The number of benzene rings is 4. The van der Waals surface area contributed by atoms with Gasteiger partial charge in [0.25, 0.3) is 0 Å². The van der Waals surface area contributed by atoms with Crippen LogP contribution in [0.5, 0.6) is 0 Å². The molecule has 0 N–H and O–H groups in total. The lowest BCUT2D eigenvalue weighted by Crippen LogP contribution is -2.66. The maximum Gasteiger partial charge on any atom is 0.407 e. The minimum atomic E-state index is -3.05. The Bertz CT molecular complexity index is 1170. The van der Waals surface area contributed by atoms with Gasteiger partial charge in [0, 0.05) is 6.61 Å². The minimum Gasteiger partial charge on any atom is -0.384 e. The van der Waals surface area contributed by atoms with E-state index in [9.17, 15) is 0 Å². The number of rotatable bonds is 13. The van der Waals surface area contributed by atoms with Crippen LogP contribution >= 0.6 is 0 Å². The smallest absolute Gasteiger partial charge is 0.384 e. The maximum absolute atomic E-state index is 7.11. The molecule has 0 aliphatic heterocycles. The van der Waals surface area contributed by atoms with Gasteiger partial charge in [-0.3, -0.25) is 0 Å². The SMILES string of the molecule is CC(C)(CCOCc1ccccc1)O[Si](OC/C=C/c1ccccc1)(c1ccccc1)c1ccccc1. The molecular weight excluding hydrogens is 472 g/mol. The van der Waals surface area contributed by atoms with Crippen molar-refractivity contribution in [2.45, 2.75) is 32.5 Å². The van der Waals surface area contributed by atoms with Crippen molar-refractivity contribution in [2.24, 2.45) is 0 Å². The van der Waals surface area contributed by atoms with Gasteiger partial charge >= 0.3 is 8.56 Å². The molecule has 0 atom stereocenters. The van der Waals surface area contributed by atoms with E-state index in [4.69, 9.17) is 13.6 Å². The lowest BCUT2D eigenvalue weighted by atomic mass is 10.1. The Labute approximate surface area is 222 Å². The van der Waals surface area contributed by atoms with Crippen molar-refractivity contribution in [2.75, 3.05) is 13.2 Å². The molecule has 0 saturated carbocycles. The van der Waals surface area contributed by atoms with E-state index in [-0.39, 0.29) is 0 Å². The Morgan fingerprint density at radius 2 is 1.19 bits per heavy atom. The summed E-state index contributed by atoms with van der Waals surface area (Å²) in [6, 6.07) is 41.4. The van der Waals surface area contributed by atoms with E-state index in [1.807, 2.05) is 48.5 Å². The van der Waals surface area contributed by atoms with Crippen molar-refractivity contribution in [1.29, 1.82) is 0 Å². The first-order chi connectivity index (χ1) is 18.1. The van der Waals surface area contributed by atoms with Crippen molar-refractivity contribution < 1.29 is 13.6 Å². The predicted octanol–water partition coefficient (Wildman–Crippen LogP) is 6.38. The van der Waals surface area contributed by atoms with E-state index in [0.717, 1.165) is 22.4 Å². The third-order valence-electron chi connectivity index (χ3n) is 6.18. The lowest BCUT2D eigenvalue weighted by Gasteiger charge is -2.39. The van der Waals surface area contributed by atoms with Crippen molar-refractivity contribution in [3.63, 3.8) is 0 Å². The summed E-state index contributed by atoms with van der Waals surface area (Å²) in [6.45, 7) is 5.92. The summed E-state index contributed by atoms with van der Waals surface area (Å²) < 4.78 is 19.9. The highest BCUT2D eigenvalue weighted by Gasteiger charge is 2.46. The summed E-state index contributed by atoms with van der Waals surface area (Å²) in [6.07, 6.45) is 4.91. The summed E-state index contributed by atoms with van der Waals surface area (Å²) in [7, 11) is -3.05. The molecule has 0 unspecified atom stereocenters. The molecule has 0 aromatic heterocycles. The fourth-order valence-electron chi connectivity index (χ4n) is 4.23. The highest BCUT2D eigenvalue weighted by molar-refractivity contribution is 6.92. The Balaban J connectivity index is 1.55. The van der Waals surface area contributed by atoms with E-state index >= 15 is 0 Å². The van der Waals surface area contributed by atoms with Crippen molar-refractivity contribution in [3.8, 4) is 0 Å². The van der Waals surface area contributed by atoms with Crippen LogP contribution < -0.4 is 10.4 Å². The molecule has 0 aliphatic rings. The molecule has 0 radical (unpaired) electrons. The van der Waals surface area contributed by atoms with E-state index in [1.165, 1.54) is 5.56 Å². The summed E-state index contributed by atoms with van der Waals surface area (Å²) in [5, 5.41) is 2.18. The second kappa shape index (κ2) is 13.3. The molecule has 0 heterocycles. The first-order valence-corrected chi connectivity index (χ1v) is 14.7. The largest absolute Gasteiger partial charge is 0.407 e. The van der Waals surface area contributed by atoms with Crippen LogP contribution in [0.3, 0.4) is 0 Å². The van der Waals surface area contributed by atoms with E-state index in [2.05, 4.69) is 98.8 Å². The van der Waals surface area contributed by atoms with Gasteiger partial charge in [0.15, 0.2) is 0 Å². The zero-order chi connectivity index (χ0) is 25.8. The van der Waals surface area contributed by atoms with Crippen molar-refractivity contribution in [3.05, 3.63) is 139 Å². The van der Waals surface area contributed by atoms with Gasteiger partial charge in [-0.2, -0.15) is 0 Å². The molecule has 4 heteroatoms. The quantitative estimate of drug-likeness (QED) is 0.155. The van der Waals surface area contributed by atoms with Gasteiger partial charge in [-0.15, -0.1) is 0 Å². The summed E-state index contributed by atoms with van der Waals surface area (Å²) in [5.74, 6) is 0. The fraction of sp³-hybridized carbons (Fsp3) is 0.212. The standard InChI is InChI=1S/C33H36O3Si/c1-33(2,25-27-34-28-30-18-9-4-10-19-30)36-37(31-21-11-5-12-22-31,32-23-13-6-14-24-32)35-26-15-20-29-16-7-3-8-17-29/h3-24H,25-28H2,1-2H3/b20-15+. The molecule has 4 rings (SSSR count). The van der Waals surface area contributed by atoms with Crippen LogP contribution in [0.25, 0.3) is 6.08 Å². The Morgan fingerprint density at radius 1 is 0.676 bits per heavy atom. The van der Waals surface area contributed by atoms with Gasteiger partial charge in [0.2, 0.25) is 0 Å². The molecule has 0 aliphatic carbocycles. The molecule has 3 nitrogen and oxygen atoms in total. The van der Waals surface area contributed by atoms with Crippen LogP contribution in [0.2, 0.25) is 0 Å². The first-order valence-electron chi connectivity index (χ1n) is 12.9. The third-order valence-corrected chi connectivity index (χ3v) is 9.78. The average Bonchev–Trinajstić information content (AvgIpc) is 2.95. The third kappa shape index (κ3) is 7.85. The zero-order valence-electron chi connectivity index (χ0n) is 21.8. The molecule has 0 bridgehead atoms. The fourth-order valence-corrected chi connectivity index (χ4v) is 7.67. The Morgan fingerprint density at radius 3 is 1.76 bits per heavy atom. The number of hydrogen-bond acceptors (Lipinski definition) is 3. The first kappa shape index (κ1) is 26.8. The highest BCUT2D eigenvalue weighted by Crippen LogP contribution is 2.23. The van der Waals surface area contributed by atoms with Crippen LogP contribution in [-0.2, 0) is 20.2 Å². The molecule has 0 fully saturated rings. The van der Waals surface area contributed by atoms with E-state index in [0.29, 0.717) is 19.8 Å². The Hall–Kier alpha value is -3.28. The molecular formula is C33H36O3Si. The number of ether oxygens (including phenoxy) is 1. The van der Waals surface area contributed by atoms with Crippen LogP contribution in [0.15, 0.2) is 127 Å².